The van der Waals surface area contributed by atoms with Crippen molar-refractivity contribution in [1.29, 1.82) is 0 Å². The van der Waals surface area contributed by atoms with Gasteiger partial charge in [-0.15, -0.1) is 10.3 Å². The van der Waals surface area contributed by atoms with Gasteiger partial charge in [-0.2, -0.15) is 0 Å². The second-order valence-electron chi connectivity index (χ2n) is 11.6. The second kappa shape index (κ2) is 14.9. The normalized spacial score (nSPS) is 12.4. The lowest BCUT2D eigenvalue weighted by atomic mass is 10.2. The van der Waals surface area contributed by atoms with Gasteiger partial charge in [-0.1, -0.05) is 182 Å². The highest BCUT2D eigenvalue weighted by atomic mass is 28.4. The Balaban J connectivity index is 1.36. The molecule has 0 bridgehead atoms. The molecule has 4 nitrogen and oxygen atoms in total. The number of hydrogen-bond acceptors (Lipinski definition) is 4. The first-order valence-corrected chi connectivity index (χ1v) is 19.7. The van der Waals surface area contributed by atoms with Crippen molar-refractivity contribution >= 4 is 59.2 Å². The van der Waals surface area contributed by atoms with Gasteiger partial charge in [0.2, 0.25) is 0 Å². The summed E-state index contributed by atoms with van der Waals surface area (Å²) in [5.41, 5.74) is 1.64. The van der Waals surface area contributed by atoms with Crippen LogP contribution >= 0.6 is 0 Å². The summed E-state index contributed by atoms with van der Waals surface area (Å²) in [5, 5.41) is 16.5. The molecule has 0 aliphatic rings. The Morgan fingerprint density at radius 3 is 0.745 bits per heavy atom. The molecular formula is C41H38N2O2Si2. The lowest BCUT2D eigenvalue weighted by Crippen LogP contribution is -2.68. The zero-order chi connectivity index (χ0) is 32.4. The molecule has 47 heavy (non-hydrogen) atoms. The van der Waals surface area contributed by atoms with Gasteiger partial charge >= 0.3 is 16.6 Å². The molecule has 6 heteroatoms. The third-order valence-corrected chi connectivity index (χ3v) is 15.9. The molecule has 0 fully saturated rings. The average Bonchev–Trinajstić information content (AvgIpc) is 3.15. The van der Waals surface area contributed by atoms with Crippen LogP contribution in [-0.4, -0.2) is 28.1 Å². The maximum atomic E-state index is 6.84. The van der Waals surface area contributed by atoms with Gasteiger partial charge in [0, 0.05) is 6.42 Å². The van der Waals surface area contributed by atoms with E-state index in [-0.39, 0.29) is 0 Å². The summed E-state index contributed by atoms with van der Waals surface area (Å²) in [6.07, 6.45) is 0.506. The van der Waals surface area contributed by atoms with E-state index in [0.717, 1.165) is 42.5 Å². The predicted molar refractivity (Wildman–Crippen MR) is 201 cm³/mol. The van der Waals surface area contributed by atoms with Crippen LogP contribution in [0, 0.1) is 0 Å². The standard InChI is InChI=1S/C41H38N2O2Si2/c1-34(42-44-46(36-21-9-3-10-22-36,37-23-11-4-12-24-37)38-25-13-5-14-26-38)33-35(2)43-45-47(39-27-15-6-16-28-39,40-29-17-7-18-30-40)41-31-19-8-20-32-41/h3-32H,33H2,1-2H3/b42-34+,43-35+. The minimum absolute atomic E-state index is 0.506. The molecular weight excluding hydrogens is 609 g/mol. The molecule has 0 saturated heterocycles. The van der Waals surface area contributed by atoms with Gasteiger partial charge in [0.15, 0.2) is 0 Å². The van der Waals surface area contributed by atoms with E-state index in [1.54, 1.807) is 0 Å². The molecule has 0 radical (unpaired) electrons. The van der Waals surface area contributed by atoms with Crippen molar-refractivity contribution < 1.29 is 9.05 Å². The van der Waals surface area contributed by atoms with E-state index in [1.807, 2.05) is 50.2 Å². The summed E-state index contributed by atoms with van der Waals surface area (Å²) >= 11 is 0. The molecule has 232 valence electrons. The highest BCUT2D eigenvalue weighted by molar-refractivity contribution is 7.07. The SMILES string of the molecule is C/C(C/C(C)=N/O[Si](c1ccccc1)(c1ccccc1)c1ccccc1)=N\O[Si](c1ccccc1)(c1ccccc1)c1ccccc1. The van der Waals surface area contributed by atoms with Crippen molar-refractivity contribution in [2.75, 3.05) is 0 Å². The number of rotatable bonds is 12. The molecule has 0 aliphatic carbocycles. The van der Waals surface area contributed by atoms with Crippen LogP contribution in [0.1, 0.15) is 20.3 Å². The molecule has 6 rings (SSSR count). The molecule has 0 aliphatic heterocycles. The van der Waals surface area contributed by atoms with E-state index in [4.69, 9.17) is 19.4 Å². The van der Waals surface area contributed by atoms with Crippen LogP contribution in [0.4, 0.5) is 0 Å². The average molecular weight is 647 g/mol. The largest absolute Gasteiger partial charge is 0.438 e. The monoisotopic (exact) mass is 646 g/mol. The van der Waals surface area contributed by atoms with Crippen molar-refractivity contribution in [1.82, 2.24) is 0 Å². The van der Waals surface area contributed by atoms with Crippen LogP contribution in [0.15, 0.2) is 192 Å². The van der Waals surface area contributed by atoms with E-state index in [0.29, 0.717) is 6.42 Å². The van der Waals surface area contributed by atoms with Gasteiger partial charge in [0.1, 0.15) is 0 Å². The van der Waals surface area contributed by atoms with E-state index in [1.165, 1.54) is 0 Å². The molecule has 0 unspecified atom stereocenters. The summed E-state index contributed by atoms with van der Waals surface area (Å²) in [7, 11) is -5.94. The maximum absolute atomic E-state index is 6.84. The lowest BCUT2D eigenvalue weighted by Gasteiger charge is -2.30. The van der Waals surface area contributed by atoms with Gasteiger partial charge in [-0.25, -0.2) is 0 Å². The minimum atomic E-state index is -2.97. The van der Waals surface area contributed by atoms with Crippen LogP contribution in [0.5, 0.6) is 0 Å². The van der Waals surface area contributed by atoms with Crippen molar-refractivity contribution in [3.63, 3.8) is 0 Å². The topological polar surface area (TPSA) is 43.2 Å². The lowest BCUT2D eigenvalue weighted by molar-refractivity contribution is 0.344. The second-order valence-corrected chi connectivity index (χ2v) is 18.1. The molecule has 0 atom stereocenters. The molecule has 0 saturated carbocycles. The Kier molecular flexibility index (Phi) is 10.0. The van der Waals surface area contributed by atoms with Crippen molar-refractivity contribution in [3.05, 3.63) is 182 Å². The smallest absolute Gasteiger partial charge is 0.380 e. The number of hydrogen-bond donors (Lipinski definition) is 0. The highest BCUT2D eigenvalue weighted by Crippen LogP contribution is 2.13. The quantitative estimate of drug-likeness (QED) is 0.0764. The molecule has 6 aromatic rings. The van der Waals surface area contributed by atoms with Crippen LogP contribution < -0.4 is 31.1 Å². The van der Waals surface area contributed by atoms with Crippen LogP contribution in [0.25, 0.3) is 0 Å². The maximum Gasteiger partial charge on any atom is 0.380 e. The van der Waals surface area contributed by atoms with Gasteiger partial charge in [0.05, 0.1) is 11.4 Å². The Morgan fingerprint density at radius 2 is 0.553 bits per heavy atom. The third kappa shape index (κ3) is 6.79. The van der Waals surface area contributed by atoms with Gasteiger partial charge < -0.3 is 9.05 Å². The fourth-order valence-electron chi connectivity index (χ4n) is 6.08. The molecule has 0 heterocycles. The first-order chi connectivity index (χ1) is 23.1. The third-order valence-electron chi connectivity index (χ3n) is 8.27. The molecule has 0 aromatic heterocycles. The fraction of sp³-hybridized carbons (Fsp3) is 0.0732. The Hall–Kier alpha value is -5.31. The van der Waals surface area contributed by atoms with Gasteiger partial charge in [0.25, 0.3) is 0 Å². The summed E-state index contributed by atoms with van der Waals surface area (Å²) in [4.78, 5) is 0. The van der Waals surface area contributed by atoms with E-state index < -0.39 is 16.6 Å². The Morgan fingerprint density at radius 1 is 0.362 bits per heavy atom. The minimum Gasteiger partial charge on any atom is -0.438 e. The number of benzene rings is 6. The molecule has 0 N–H and O–H groups in total. The summed E-state index contributed by atoms with van der Waals surface area (Å²) in [6, 6.07) is 62.9. The zero-order valence-electron chi connectivity index (χ0n) is 26.7. The predicted octanol–water partition coefficient (Wildman–Crippen LogP) is 5.50. The fourth-order valence-corrected chi connectivity index (χ4v) is 13.3. The van der Waals surface area contributed by atoms with Crippen LogP contribution in [-0.2, 0) is 9.05 Å². The first-order valence-electron chi connectivity index (χ1n) is 15.9. The zero-order valence-corrected chi connectivity index (χ0v) is 28.7. The summed E-state index contributed by atoms with van der Waals surface area (Å²) < 4.78 is 13.7. The highest BCUT2D eigenvalue weighted by Gasteiger charge is 2.46. The van der Waals surface area contributed by atoms with E-state index in [2.05, 4.69) is 146 Å². The van der Waals surface area contributed by atoms with Crippen LogP contribution in [0.3, 0.4) is 0 Å². The molecule has 0 amide bonds. The molecule has 6 aromatic carbocycles. The Labute approximate surface area is 279 Å². The Bertz CT molecular complexity index is 1570. The number of nitrogens with zero attached hydrogens (tertiary/aromatic N) is 2. The van der Waals surface area contributed by atoms with E-state index >= 15 is 0 Å². The summed E-state index contributed by atoms with van der Waals surface area (Å²) in [6.45, 7) is 3.99. The van der Waals surface area contributed by atoms with Crippen LogP contribution in [0.2, 0.25) is 0 Å². The summed E-state index contributed by atoms with van der Waals surface area (Å²) in [5.74, 6) is 0. The van der Waals surface area contributed by atoms with E-state index in [9.17, 15) is 0 Å². The van der Waals surface area contributed by atoms with Crippen molar-refractivity contribution in [2.24, 2.45) is 10.3 Å². The first kappa shape index (κ1) is 31.7. The van der Waals surface area contributed by atoms with Gasteiger partial charge in [-0.3, -0.25) is 0 Å². The van der Waals surface area contributed by atoms with Gasteiger partial charge in [-0.05, 0) is 45.0 Å². The number of oxime groups is 2. The molecule has 0 spiro atoms. The van der Waals surface area contributed by atoms with Crippen molar-refractivity contribution in [3.8, 4) is 0 Å². The van der Waals surface area contributed by atoms with Crippen molar-refractivity contribution in [2.45, 2.75) is 20.3 Å².